The Morgan fingerprint density at radius 3 is 2.41 bits per heavy atom. The molecule has 0 aromatic carbocycles. The molecule has 4 heteroatoms. The molecule has 4 nitrogen and oxygen atoms in total. The zero-order chi connectivity index (χ0) is 12.9. The van der Waals surface area contributed by atoms with Crippen molar-refractivity contribution in [3.05, 3.63) is 0 Å². The molecule has 0 spiro atoms. The van der Waals surface area contributed by atoms with Crippen LogP contribution in [0, 0.1) is 5.92 Å². The minimum absolute atomic E-state index is 0.0258. The summed E-state index contributed by atoms with van der Waals surface area (Å²) in [5.74, 6) is 0.277. The van der Waals surface area contributed by atoms with Crippen LogP contribution >= 0.6 is 0 Å². The molecule has 0 bridgehead atoms. The van der Waals surface area contributed by atoms with Crippen LogP contribution in [0.15, 0.2) is 0 Å². The van der Waals surface area contributed by atoms with Crippen molar-refractivity contribution in [1.29, 1.82) is 0 Å². The van der Waals surface area contributed by atoms with Crippen LogP contribution in [0.5, 0.6) is 0 Å². The van der Waals surface area contributed by atoms with Crippen LogP contribution in [0.1, 0.15) is 52.4 Å². The zero-order valence-corrected chi connectivity index (χ0v) is 11.0. The first kappa shape index (κ1) is 14.5. The SMILES string of the molecule is CC(C)C(N)CC(=O)NC1(CO)CCCCC1. The summed E-state index contributed by atoms with van der Waals surface area (Å²) in [5.41, 5.74) is 5.50. The molecule has 1 unspecified atom stereocenters. The van der Waals surface area contributed by atoms with Crippen molar-refractivity contribution in [2.75, 3.05) is 6.61 Å². The van der Waals surface area contributed by atoms with Crippen LogP contribution in [0.2, 0.25) is 0 Å². The highest BCUT2D eigenvalue weighted by Gasteiger charge is 2.33. The number of amides is 1. The van der Waals surface area contributed by atoms with E-state index in [1.165, 1.54) is 6.42 Å². The van der Waals surface area contributed by atoms with Crippen molar-refractivity contribution in [2.45, 2.75) is 64.0 Å². The lowest BCUT2D eigenvalue weighted by Crippen LogP contribution is -2.53. The summed E-state index contributed by atoms with van der Waals surface area (Å²) in [4.78, 5) is 11.9. The molecule has 1 aliphatic rings. The van der Waals surface area contributed by atoms with Crippen LogP contribution in [-0.4, -0.2) is 29.2 Å². The highest BCUT2D eigenvalue weighted by atomic mass is 16.3. The van der Waals surface area contributed by atoms with Crippen LogP contribution in [0.4, 0.5) is 0 Å². The molecule has 100 valence electrons. The van der Waals surface area contributed by atoms with Gasteiger partial charge < -0.3 is 16.2 Å². The predicted octanol–water partition coefficient (Wildman–Crippen LogP) is 1.17. The fraction of sp³-hybridized carbons (Fsp3) is 0.923. The molecule has 1 fully saturated rings. The van der Waals surface area contributed by atoms with Crippen LogP contribution in [0.25, 0.3) is 0 Å². The Hall–Kier alpha value is -0.610. The molecule has 0 saturated heterocycles. The maximum Gasteiger partial charge on any atom is 0.222 e. The third-order valence-electron chi connectivity index (χ3n) is 3.80. The number of hydrogen-bond donors (Lipinski definition) is 3. The maximum atomic E-state index is 11.9. The van der Waals surface area contributed by atoms with Crippen LogP contribution in [0.3, 0.4) is 0 Å². The smallest absolute Gasteiger partial charge is 0.222 e. The van der Waals surface area contributed by atoms with Crippen molar-refractivity contribution in [3.8, 4) is 0 Å². The van der Waals surface area contributed by atoms with Crippen molar-refractivity contribution < 1.29 is 9.90 Å². The fourth-order valence-corrected chi connectivity index (χ4v) is 2.35. The van der Waals surface area contributed by atoms with Crippen molar-refractivity contribution in [3.63, 3.8) is 0 Å². The van der Waals surface area contributed by atoms with E-state index in [4.69, 9.17) is 5.73 Å². The monoisotopic (exact) mass is 242 g/mol. The van der Waals surface area contributed by atoms with Gasteiger partial charge in [-0.1, -0.05) is 33.1 Å². The largest absolute Gasteiger partial charge is 0.394 e. The third-order valence-corrected chi connectivity index (χ3v) is 3.80. The third kappa shape index (κ3) is 4.28. The first-order valence-electron chi connectivity index (χ1n) is 6.66. The average molecular weight is 242 g/mol. The summed E-state index contributed by atoms with van der Waals surface area (Å²) in [5, 5.41) is 12.5. The summed E-state index contributed by atoms with van der Waals surface area (Å²) in [6, 6.07) is -0.102. The fourth-order valence-electron chi connectivity index (χ4n) is 2.35. The number of nitrogens with one attached hydrogen (secondary N) is 1. The van der Waals surface area contributed by atoms with Gasteiger partial charge in [0, 0.05) is 12.5 Å². The van der Waals surface area contributed by atoms with E-state index < -0.39 is 0 Å². The van der Waals surface area contributed by atoms with E-state index in [9.17, 15) is 9.90 Å². The molecule has 1 rings (SSSR count). The number of rotatable bonds is 5. The van der Waals surface area contributed by atoms with E-state index in [1.54, 1.807) is 0 Å². The molecule has 0 aromatic rings. The molecule has 4 N–H and O–H groups in total. The molecule has 1 saturated carbocycles. The summed E-state index contributed by atoms with van der Waals surface area (Å²) in [6.45, 7) is 4.07. The van der Waals surface area contributed by atoms with Gasteiger partial charge in [-0.05, 0) is 18.8 Å². The van der Waals surface area contributed by atoms with Gasteiger partial charge in [0.2, 0.25) is 5.91 Å². The van der Waals surface area contributed by atoms with E-state index >= 15 is 0 Å². The Morgan fingerprint density at radius 1 is 1.35 bits per heavy atom. The quantitative estimate of drug-likeness (QED) is 0.677. The number of aliphatic hydroxyl groups is 1. The number of nitrogens with two attached hydrogens (primary N) is 1. The minimum Gasteiger partial charge on any atom is -0.394 e. The Kier molecular flexibility index (Phi) is 5.40. The lowest BCUT2D eigenvalue weighted by Gasteiger charge is -2.36. The van der Waals surface area contributed by atoms with Crippen LogP contribution < -0.4 is 11.1 Å². The van der Waals surface area contributed by atoms with Gasteiger partial charge in [0.05, 0.1) is 12.1 Å². The van der Waals surface area contributed by atoms with E-state index in [2.05, 4.69) is 5.32 Å². The van der Waals surface area contributed by atoms with E-state index in [1.807, 2.05) is 13.8 Å². The van der Waals surface area contributed by atoms with Gasteiger partial charge in [0.1, 0.15) is 0 Å². The highest BCUT2D eigenvalue weighted by molar-refractivity contribution is 5.77. The molecule has 17 heavy (non-hydrogen) atoms. The lowest BCUT2D eigenvalue weighted by atomic mass is 9.82. The van der Waals surface area contributed by atoms with Gasteiger partial charge in [0.15, 0.2) is 0 Å². The molecular weight excluding hydrogens is 216 g/mol. The molecular formula is C13H26N2O2. The summed E-state index contributed by atoms with van der Waals surface area (Å²) in [6.07, 6.45) is 5.47. The van der Waals surface area contributed by atoms with Crippen LogP contribution in [-0.2, 0) is 4.79 Å². The van der Waals surface area contributed by atoms with E-state index in [-0.39, 0.29) is 24.1 Å². The standard InChI is InChI=1S/C13H26N2O2/c1-10(2)11(14)8-12(17)15-13(9-16)6-4-3-5-7-13/h10-11,16H,3-9,14H2,1-2H3,(H,15,17). The van der Waals surface area contributed by atoms with Gasteiger partial charge in [-0.25, -0.2) is 0 Å². The second kappa shape index (κ2) is 6.36. The predicted molar refractivity (Wildman–Crippen MR) is 68.5 cm³/mol. The molecule has 0 radical (unpaired) electrons. The Balaban J connectivity index is 2.47. The topological polar surface area (TPSA) is 75.4 Å². The molecule has 1 atom stereocenters. The van der Waals surface area contributed by atoms with Crippen molar-refractivity contribution in [1.82, 2.24) is 5.32 Å². The molecule has 1 aliphatic carbocycles. The summed E-state index contributed by atoms with van der Waals surface area (Å²) >= 11 is 0. The van der Waals surface area contributed by atoms with E-state index in [0.717, 1.165) is 25.7 Å². The summed E-state index contributed by atoms with van der Waals surface area (Å²) < 4.78 is 0. The number of carbonyl (C=O) groups is 1. The average Bonchev–Trinajstić information content (AvgIpc) is 2.29. The van der Waals surface area contributed by atoms with Gasteiger partial charge in [-0.3, -0.25) is 4.79 Å². The Bertz CT molecular complexity index is 248. The highest BCUT2D eigenvalue weighted by Crippen LogP contribution is 2.27. The second-order valence-electron chi connectivity index (χ2n) is 5.66. The molecule has 1 amide bonds. The first-order valence-corrected chi connectivity index (χ1v) is 6.66. The van der Waals surface area contributed by atoms with Gasteiger partial charge in [-0.15, -0.1) is 0 Å². The maximum absolute atomic E-state index is 11.9. The van der Waals surface area contributed by atoms with Crippen molar-refractivity contribution >= 4 is 5.91 Å². The Morgan fingerprint density at radius 2 is 1.94 bits per heavy atom. The molecule has 0 aliphatic heterocycles. The van der Waals surface area contributed by atoms with Crippen molar-refractivity contribution in [2.24, 2.45) is 11.7 Å². The number of aliphatic hydroxyl groups excluding tert-OH is 1. The van der Waals surface area contributed by atoms with Gasteiger partial charge >= 0.3 is 0 Å². The number of carbonyl (C=O) groups excluding carboxylic acids is 1. The lowest BCUT2D eigenvalue weighted by molar-refractivity contribution is -0.124. The van der Waals surface area contributed by atoms with E-state index in [0.29, 0.717) is 12.3 Å². The molecule has 0 heterocycles. The minimum atomic E-state index is -0.383. The van der Waals surface area contributed by atoms with Gasteiger partial charge in [-0.2, -0.15) is 0 Å². The Labute approximate surface area is 104 Å². The normalized spacial score (nSPS) is 21.2. The van der Waals surface area contributed by atoms with Gasteiger partial charge in [0.25, 0.3) is 0 Å². The first-order chi connectivity index (χ1) is 7.99. The number of hydrogen-bond acceptors (Lipinski definition) is 3. The summed E-state index contributed by atoms with van der Waals surface area (Å²) in [7, 11) is 0. The zero-order valence-electron chi connectivity index (χ0n) is 11.0. The molecule has 0 aromatic heterocycles. The second-order valence-corrected chi connectivity index (χ2v) is 5.66.